The summed E-state index contributed by atoms with van der Waals surface area (Å²) in [5, 5.41) is 0. The third kappa shape index (κ3) is 2.74. The van der Waals surface area contributed by atoms with Gasteiger partial charge in [0.05, 0.1) is 5.56 Å². The fourth-order valence-corrected chi connectivity index (χ4v) is 1.59. The molecule has 5 heteroatoms. The van der Waals surface area contributed by atoms with Crippen LogP contribution >= 0.6 is 0 Å². The molecule has 1 saturated heterocycles. The van der Waals surface area contributed by atoms with Gasteiger partial charge >= 0.3 is 6.18 Å². The van der Waals surface area contributed by atoms with Crippen molar-refractivity contribution in [3.05, 3.63) is 47.5 Å². The van der Waals surface area contributed by atoms with Crippen LogP contribution in [0.5, 0.6) is 0 Å². The molecule has 0 saturated carbocycles. The van der Waals surface area contributed by atoms with Crippen molar-refractivity contribution in [3.8, 4) is 0 Å². The first-order valence-corrected chi connectivity index (χ1v) is 4.97. The number of hydrogen-bond acceptors (Lipinski definition) is 2. The van der Waals surface area contributed by atoms with E-state index in [4.69, 9.17) is 4.74 Å². The third-order valence-electron chi connectivity index (χ3n) is 2.45. The minimum atomic E-state index is -4.35. The Balaban J connectivity index is 2.14. The van der Waals surface area contributed by atoms with E-state index in [0.29, 0.717) is 11.8 Å². The van der Waals surface area contributed by atoms with E-state index >= 15 is 0 Å². The Hall–Kier alpha value is -1.62. The van der Waals surface area contributed by atoms with Gasteiger partial charge in [0, 0.05) is 0 Å². The van der Waals surface area contributed by atoms with E-state index in [0.717, 1.165) is 12.1 Å². The number of rotatable bonds is 3. The zero-order chi connectivity index (χ0) is 12.5. The molecule has 0 N–H and O–H groups in total. The molecule has 1 fully saturated rings. The molecule has 0 aliphatic carbocycles. The van der Waals surface area contributed by atoms with Crippen molar-refractivity contribution in [2.75, 3.05) is 0 Å². The molecule has 0 spiro atoms. The quantitative estimate of drug-likeness (QED) is 0.463. The second kappa shape index (κ2) is 4.33. The zero-order valence-corrected chi connectivity index (χ0v) is 8.65. The Morgan fingerprint density at radius 1 is 1.29 bits per heavy atom. The highest BCUT2D eigenvalue weighted by atomic mass is 19.4. The number of ether oxygens (including phenoxy) is 1. The lowest BCUT2D eigenvalue weighted by atomic mass is 10.1. The van der Waals surface area contributed by atoms with Gasteiger partial charge in [0.25, 0.3) is 0 Å². The smallest absolute Gasteiger partial charge is 0.360 e. The van der Waals surface area contributed by atoms with Crippen LogP contribution in [0.15, 0.2) is 36.4 Å². The Bertz CT molecular complexity index is 451. The van der Waals surface area contributed by atoms with Gasteiger partial charge in [0.1, 0.15) is 18.5 Å². The predicted molar refractivity (Wildman–Crippen MR) is 54.3 cm³/mol. The molecule has 0 unspecified atom stereocenters. The van der Waals surface area contributed by atoms with Gasteiger partial charge in [0.2, 0.25) is 0 Å². The molecular formula is C12H9F3O2. The third-order valence-corrected chi connectivity index (χ3v) is 2.45. The number of carbonyl (C=O) groups is 1. The van der Waals surface area contributed by atoms with Gasteiger partial charge in [-0.05, 0) is 29.8 Å². The monoisotopic (exact) mass is 242 g/mol. The molecule has 0 bridgehead atoms. The summed E-state index contributed by atoms with van der Waals surface area (Å²) in [5.74, 6) is 0. The molecule has 1 aromatic carbocycles. The van der Waals surface area contributed by atoms with Crippen LogP contribution in [0.3, 0.4) is 0 Å². The summed E-state index contributed by atoms with van der Waals surface area (Å²) in [4.78, 5) is 10.1. The Kier molecular flexibility index (Phi) is 3.02. The summed E-state index contributed by atoms with van der Waals surface area (Å²) in [6, 6.07) is 5.01. The van der Waals surface area contributed by atoms with E-state index in [1.807, 2.05) is 0 Å². The molecule has 17 heavy (non-hydrogen) atoms. The second-order valence-electron chi connectivity index (χ2n) is 3.67. The van der Waals surface area contributed by atoms with Crippen molar-refractivity contribution >= 4 is 6.29 Å². The van der Waals surface area contributed by atoms with Gasteiger partial charge in [-0.1, -0.05) is 12.1 Å². The second-order valence-corrected chi connectivity index (χ2v) is 3.67. The fraction of sp³-hybridized carbons (Fsp3) is 0.250. The molecule has 0 aromatic heterocycles. The molecule has 2 nitrogen and oxygen atoms in total. The number of carbonyl (C=O) groups excluding carboxylic acids is 1. The number of aldehydes is 1. The van der Waals surface area contributed by atoms with Crippen LogP contribution in [-0.2, 0) is 15.7 Å². The van der Waals surface area contributed by atoms with E-state index in [2.05, 4.69) is 0 Å². The SMILES string of the molecule is O=CC=C[C@@H]1O[C@H]1c1cccc(C(F)(F)F)c1. The van der Waals surface area contributed by atoms with E-state index < -0.39 is 11.7 Å². The number of allylic oxidation sites excluding steroid dienone is 1. The van der Waals surface area contributed by atoms with E-state index in [-0.39, 0.29) is 12.2 Å². The maximum absolute atomic E-state index is 12.5. The lowest BCUT2D eigenvalue weighted by Gasteiger charge is -2.07. The van der Waals surface area contributed by atoms with Crippen molar-refractivity contribution in [2.24, 2.45) is 0 Å². The molecular weight excluding hydrogens is 233 g/mol. The number of halogens is 3. The van der Waals surface area contributed by atoms with E-state index in [9.17, 15) is 18.0 Å². The summed E-state index contributed by atoms with van der Waals surface area (Å²) in [6.07, 6.45) is -1.63. The van der Waals surface area contributed by atoms with Crippen LogP contribution in [-0.4, -0.2) is 12.4 Å². The van der Waals surface area contributed by atoms with Crippen LogP contribution in [0, 0.1) is 0 Å². The first kappa shape index (κ1) is 11.9. The Labute approximate surface area is 95.7 Å². The normalized spacial score (nSPS) is 23.9. The predicted octanol–water partition coefficient (Wildman–Crippen LogP) is 2.90. The number of alkyl halides is 3. The first-order valence-electron chi connectivity index (χ1n) is 4.97. The molecule has 1 aliphatic rings. The summed E-state index contributed by atoms with van der Waals surface area (Å²) < 4.78 is 42.5. The maximum Gasteiger partial charge on any atom is 0.416 e. The van der Waals surface area contributed by atoms with Gasteiger partial charge < -0.3 is 4.74 Å². The van der Waals surface area contributed by atoms with Crippen LogP contribution in [0.2, 0.25) is 0 Å². The van der Waals surface area contributed by atoms with Crippen molar-refractivity contribution in [1.82, 2.24) is 0 Å². The number of hydrogen-bond donors (Lipinski definition) is 0. The van der Waals surface area contributed by atoms with Gasteiger partial charge in [0.15, 0.2) is 0 Å². The molecule has 2 rings (SSSR count). The summed E-state index contributed by atoms with van der Waals surface area (Å²) >= 11 is 0. The molecule has 0 amide bonds. The maximum atomic E-state index is 12.5. The summed E-state index contributed by atoms with van der Waals surface area (Å²) in [5.41, 5.74) is -0.219. The first-order chi connectivity index (χ1) is 8.02. The Morgan fingerprint density at radius 3 is 2.71 bits per heavy atom. The topological polar surface area (TPSA) is 29.6 Å². The van der Waals surface area contributed by atoms with Gasteiger partial charge in [-0.3, -0.25) is 4.79 Å². The molecule has 90 valence electrons. The van der Waals surface area contributed by atoms with Crippen molar-refractivity contribution in [1.29, 1.82) is 0 Å². The minimum Gasteiger partial charge on any atom is -0.360 e. The fourth-order valence-electron chi connectivity index (χ4n) is 1.59. The van der Waals surface area contributed by atoms with Gasteiger partial charge in [-0.15, -0.1) is 0 Å². The lowest BCUT2D eigenvalue weighted by Crippen LogP contribution is -2.05. The minimum absolute atomic E-state index is 0.302. The highest BCUT2D eigenvalue weighted by Gasteiger charge is 2.39. The lowest BCUT2D eigenvalue weighted by molar-refractivity contribution is -0.137. The highest BCUT2D eigenvalue weighted by Crippen LogP contribution is 2.41. The van der Waals surface area contributed by atoms with Gasteiger partial charge in [-0.25, -0.2) is 0 Å². The molecule has 0 radical (unpaired) electrons. The van der Waals surface area contributed by atoms with Crippen LogP contribution < -0.4 is 0 Å². The molecule has 1 heterocycles. The highest BCUT2D eigenvalue weighted by molar-refractivity contribution is 5.65. The average Bonchev–Trinajstić information content (AvgIpc) is 3.05. The van der Waals surface area contributed by atoms with Crippen molar-refractivity contribution in [3.63, 3.8) is 0 Å². The standard InChI is InChI=1S/C12H9F3O2/c13-12(14,15)9-4-1-3-8(7-9)11-10(17-11)5-2-6-16/h1-7,10-11H/t10-,11-/m0/s1. The van der Waals surface area contributed by atoms with Crippen LogP contribution in [0.25, 0.3) is 0 Å². The van der Waals surface area contributed by atoms with E-state index in [1.165, 1.54) is 18.2 Å². The van der Waals surface area contributed by atoms with Crippen molar-refractivity contribution < 1.29 is 22.7 Å². The van der Waals surface area contributed by atoms with Gasteiger partial charge in [-0.2, -0.15) is 13.2 Å². The summed E-state index contributed by atoms with van der Waals surface area (Å²) in [6.45, 7) is 0. The average molecular weight is 242 g/mol. The molecule has 1 aliphatic heterocycles. The molecule has 1 aromatic rings. The van der Waals surface area contributed by atoms with Crippen LogP contribution in [0.1, 0.15) is 17.2 Å². The number of epoxide rings is 1. The molecule has 2 atom stereocenters. The number of benzene rings is 1. The largest absolute Gasteiger partial charge is 0.416 e. The van der Waals surface area contributed by atoms with E-state index in [1.54, 1.807) is 6.07 Å². The summed E-state index contributed by atoms with van der Waals surface area (Å²) in [7, 11) is 0. The Morgan fingerprint density at radius 2 is 2.06 bits per heavy atom. The van der Waals surface area contributed by atoms with Crippen LogP contribution in [0.4, 0.5) is 13.2 Å². The van der Waals surface area contributed by atoms with Crippen molar-refractivity contribution in [2.45, 2.75) is 18.4 Å². The zero-order valence-electron chi connectivity index (χ0n) is 8.65.